The first kappa shape index (κ1) is 11.1. The molecule has 0 amide bonds. The van der Waals surface area contributed by atoms with Gasteiger partial charge in [-0.1, -0.05) is 37.0 Å². The Bertz CT molecular complexity index is 380. The summed E-state index contributed by atoms with van der Waals surface area (Å²) in [6.45, 7) is 2.07. The van der Waals surface area contributed by atoms with Crippen LogP contribution in [0.15, 0.2) is 34.3 Å². The van der Waals surface area contributed by atoms with Crippen LogP contribution in [0.2, 0.25) is 0 Å². The van der Waals surface area contributed by atoms with E-state index in [0.717, 1.165) is 5.69 Å². The van der Waals surface area contributed by atoms with Crippen LogP contribution in [0.25, 0.3) is 0 Å². The van der Waals surface area contributed by atoms with Crippen LogP contribution in [0, 0.1) is 6.92 Å². The standard InChI is InChI=1S/C14H18N2/c1-12-7-9-14(10-8-12)16-11-15-13-5-3-2-4-6-13/h7-10,13H,2-6H2,1H3. The van der Waals surface area contributed by atoms with Crippen molar-refractivity contribution in [3.05, 3.63) is 29.8 Å². The second kappa shape index (κ2) is 5.62. The lowest BCUT2D eigenvalue weighted by Crippen LogP contribution is -2.08. The zero-order chi connectivity index (χ0) is 11.2. The Morgan fingerprint density at radius 3 is 2.44 bits per heavy atom. The van der Waals surface area contributed by atoms with E-state index in [-0.39, 0.29) is 0 Å². The smallest absolute Gasteiger partial charge is 0.0951 e. The fraction of sp³-hybridized carbons (Fsp3) is 0.500. The van der Waals surface area contributed by atoms with Crippen LogP contribution in [-0.2, 0) is 0 Å². The molecule has 1 aromatic carbocycles. The predicted octanol–water partition coefficient (Wildman–Crippen LogP) is 4.13. The molecule has 0 heterocycles. The third kappa shape index (κ3) is 3.32. The van der Waals surface area contributed by atoms with Crippen molar-refractivity contribution in [3.8, 4) is 0 Å². The largest absolute Gasteiger partial charge is 0.222 e. The van der Waals surface area contributed by atoms with E-state index in [1.165, 1.54) is 37.7 Å². The monoisotopic (exact) mass is 214 g/mol. The molecule has 2 heteroatoms. The average Bonchev–Trinajstić information content (AvgIpc) is 2.33. The number of rotatable bonds is 2. The summed E-state index contributed by atoms with van der Waals surface area (Å²) in [5.74, 6) is 0. The van der Waals surface area contributed by atoms with Gasteiger partial charge in [-0.2, -0.15) is 4.99 Å². The van der Waals surface area contributed by atoms with Gasteiger partial charge in [0.2, 0.25) is 0 Å². The van der Waals surface area contributed by atoms with Gasteiger partial charge in [-0.05, 0) is 31.9 Å². The summed E-state index contributed by atoms with van der Waals surface area (Å²) in [6, 6.07) is 11.4. The molecule has 0 unspecified atom stereocenters. The van der Waals surface area contributed by atoms with Gasteiger partial charge in [-0.3, -0.25) is 0 Å². The lowest BCUT2D eigenvalue weighted by molar-refractivity contribution is 0.444. The van der Waals surface area contributed by atoms with Gasteiger partial charge in [-0.15, -0.1) is 0 Å². The molecule has 16 heavy (non-hydrogen) atoms. The molecule has 84 valence electrons. The maximum atomic E-state index is 4.38. The van der Waals surface area contributed by atoms with Gasteiger partial charge in [0.25, 0.3) is 0 Å². The molecule has 0 spiro atoms. The number of nitrogens with zero attached hydrogens (tertiary/aromatic N) is 2. The first-order chi connectivity index (χ1) is 7.84. The van der Waals surface area contributed by atoms with E-state index < -0.39 is 0 Å². The molecule has 0 N–H and O–H groups in total. The second-order valence-electron chi connectivity index (χ2n) is 4.47. The van der Waals surface area contributed by atoms with Crippen molar-refractivity contribution in [2.75, 3.05) is 0 Å². The second-order valence-corrected chi connectivity index (χ2v) is 4.47. The van der Waals surface area contributed by atoms with Gasteiger partial charge >= 0.3 is 0 Å². The first-order valence-electron chi connectivity index (χ1n) is 6.07. The van der Waals surface area contributed by atoms with Crippen molar-refractivity contribution in [2.24, 2.45) is 9.98 Å². The van der Waals surface area contributed by atoms with E-state index in [0.29, 0.717) is 6.04 Å². The quantitative estimate of drug-likeness (QED) is 0.661. The SMILES string of the molecule is Cc1ccc(N=C=NC2CCCCC2)cc1. The average molecular weight is 214 g/mol. The highest BCUT2D eigenvalue weighted by Crippen LogP contribution is 2.19. The summed E-state index contributed by atoms with van der Waals surface area (Å²) < 4.78 is 0. The molecule has 0 aromatic heterocycles. The van der Waals surface area contributed by atoms with Crippen LogP contribution in [0.5, 0.6) is 0 Å². The Balaban J connectivity index is 1.97. The van der Waals surface area contributed by atoms with Crippen molar-refractivity contribution in [1.29, 1.82) is 0 Å². The third-order valence-electron chi connectivity index (χ3n) is 3.03. The van der Waals surface area contributed by atoms with Crippen LogP contribution in [0.3, 0.4) is 0 Å². The number of benzene rings is 1. The van der Waals surface area contributed by atoms with Crippen molar-refractivity contribution in [1.82, 2.24) is 0 Å². The first-order valence-corrected chi connectivity index (χ1v) is 6.07. The molecule has 0 saturated heterocycles. The number of hydrogen-bond donors (Lipinski definition) is 0. The van der Waals surface area contributed by atoms with E-state index in [4.69, 9.17) is 0 Å². The van der Waals surface area contributed by atoms with Crippen LogP contribution in [0.1, 0.15) is 37.7 Å². The molecule has 0 bridgehead atoms. The lowest BCUT2D eigenvalue weighted by Gasteiger charge is -2.15. The molecular weight excluding hydrogens is 196 g/mol. The van der Waals surface area contributed by atoms with E-state index in [1.807, 2.05) is 12.1 Å². The maximum absolute atomic E-state index is 4.38. The zero-order valence-electron chi connectivity index (χ0n) is 9.82. The molecule has 0 atom stereocenters. The normalized spacial score (nSPS) is 16.6. The summed E-state index contributed by atoms with van der Waals surface area (Å²) >= 11 is 0. The summed E-state index contributed by atoms with van der Waals surface area (Å²) in [6.07, 6.45) is 6.38. The lowest BCUT2D eigenvalue weighted by atomic mass is 9.96. The van der Waals surface area contributed by atoms with Crippen LogP contribution >= 0.6 is 0 Å². The summed E-state index contributed by atoms with van der Waals surface area (Å²) in [5, 5.41) is 0. The van der Waals surface area contributed by atoms with E-state index >= 15 is 0 Å². The third-order valence-corrected chi connectivity index (χ3v) is 3.03. The molecule has 2 nitrogen and oxygen atoms in total. The van der Waals surface area contributed by atoms with E-state index in [2.05, 4.69) is 35.0 Å². The fourth-order valence-electron chi connectivity index (χ4n) is 2.00. The van der Waals surface area contributed by atoms with Gasteiger partial charge in [0.15, 0.2) is 0 Å². The molecular formula is C14H18N2. The Kier molecular flexibility index (Phi) is 3.90. The molecule has 0 aliphatic heterocycles. The Labute approximate surface area is 97.1 Å². The Morgan fingerprint density at radius 1 is 1.06 bits per heavy atom. The number of hydrogen-bond acceptors (Lipinski definition) is 2. The van der Waals surface area contributed by atoms with E-state index in [9.17, 15) is 0 Å². The Hall–Kier alpha value is -1.40. The van der Waals surface area contributed by atoms with Gasteiger partial charge < -0.3 is 0 Å². The van der Waals surface area contributed by atoms with Crippen LogP contribution < -0.4 is 0 Å². The molecule has 1 saturated carbocycles. The van der Waals surface area contributed by atoms with Crippen molar-refractivity contribution >= 4 is 11.7 Å². The zero-order valence-corrected chi connectivity index (χ0v) is 9.82. The van der Waals surface area contributed by atoms with Gasteiger partial charge in [0.05, 0.1) is 17.7 Å². The van der Waals surface area contributed by atoms with Crippen LogP contribution in [-0.4, -0.2) is 12.1 Å². The highest BCUT2D eigenvalue weighted by molar-refractivity contribution is 5.52. The molecule has 1 aliphatic carbocycles. The minimum absolute atomic E-state index is 0.461. The highest BCUT2D eigenvalue weighted by Gasteiger charge is 2.10. The summed E-state index contributed by atoms with van der Waals surface area (Å²) in [7, 11) is 0. The van der Waals surface area contributed by atoms with Gasteiger partial charge in [0, 0.05) is 0 Å². The summed E-state index contributed by atoms with van der Waals surface area (Å²) in [5.41, 5.74) is 2.19. The maximum Gasteiger partial charge on any atom is 0.0951 e. The fourth-order valence-corrected chi connectivity index (χ4v) is 2.00. The number of aliphatic imine (C=N–C) groups is 2. The molecule has 1 aliphatic rings. The predicted molar refractivity (Wildman–Crippen MR) is 67.6 cm³/mol. The van der Waals surface area contributed by atoms with Gasteiger partial charge in [0.1, 0.15) is 0 Å². The number of aryl methyl sites for hydroxylation is 1. The van der Waals surface area contributed by atoms with Crippen LogP contribution in [0.4, 0.5) is 5.69 Å². The minimum atomic E-state index is 0.461. The van der Waals surface area contributed by atoms with Gasteiger partial charge in [-0.25, -0.2) is 4.99 Å². The van der Waals surface area contributed by atoms with Crippen molar-refractivity contribution in [2.45, 2.75) is 45.1 Å². The molecule has 2 rings (SSSR count). The Morgan fingerprint density at radius 2 is 1.75 bits per heavy atom. The highest BCUT2D eigenvalue weighted by atomic mass is 14.8. The van der Waals surface area contributed by atoms with E-state index in [1.54, 1.807) is 0 Å². The minimum Gasteiger partial charge on any atom is -0.222 e. The molecule has 1 aromatic rings. The van der Waals surface area contributed by atoms with Crippen molar-refractivity contribution in [3.63, 3.8) is 0 Å². The topological polar surface area (TPSA) is 24.7 Å². The summed E-state index contributed by atoms with van der Waals surface area (Å²) in [4.78, 5) is 8.61. The van der Waals surface area contributed by atoms with Crippen molar-refractivity contribution < 1.29 is 0 Å². The molecule has 1 fully saturated rings. The molecule has 0 radical (unpaired) electrons.